The molecular weight excluding hydrogens is 398 g/mol. The molecule has 0 fully saturated rings. The lowest BCUT2D eigenvalue weighted by Crippen LogP contribution is -2.42. The maximum Gasteiger partial charge on any atom is 0.325 e. The van der Waals surface area contributed by atoms with E-state index in [0.29, 0.717) is 34.8 Å². The second-order valence-corrected chi connectivity index (χ2v) is 6.64. The molecule has 0 radical (unpaired) electrons. The van der Waals surface area contributed by atoms with E-state index < -0.39 is 11.4 Å². The summed E-state index contributed by atoms with van der Waals surface area (Å²) in [6, 6.07) is 12.1. The lowest BCUT2D eigenvalue weighted by atomic mass is 9.85. The van der Waals surface area contributed by atoms with Crippen LogP contribution >= 0.6 is 0 Å². The van der Waals surface area contributed by atoms with Crippen LogP contribution in [0.1, 0.15) is 29.3 Å². The van der Waals surface area contributed by atoms with Gasteiger partial charge in [-0.3, -0.25) is 9.59 Å². The van der Waals surface area contributed by atoms with Crippen molar-refractivity contribution in [2.24, 2.45) is 5.41 Å². The molecule has 0 spiro atoms. The zero-order valence-corrected chi connectivity index (χ0v) is 18.4. The van der Waals surface area contributed by atoms with E-state index >= 15 is 0 Å². The van der Waals surface area contributed by atoms with Gasteiger partial charge in [-0.2, -0.15) is 0 Å². The van der Waals surface area contributed by atoms with Crippen LogP contribution in [0.2, 0.25) is 0 Å². The maximum atomic E-state index is 12.6. The van der Waals surface area contributed by atoms with E-state index in [1.54, 1.807) is 36.4 Å². The lowest BCUT2D eigenvalue weighted by molar-refractivity contribution is -0.149. The third kappa shape index (κ3) is 5.48. The Kier molecular flexibility index (Phi) is 8.33. The number of hydrogen-bond acceptors (Lipinski definition) is 6. The second-order valence-electron chi connectivity index (χ2n) is 6.64. The first kappa shape index (κ1) is 23.6. The predicted molar refractivity (Wildman–Crippen MR) is 116 cm³/mol. The first-order valence-corrected chi connectivity index (χ1v) is 9.69. The first-order valence-electron chi connectivity index (χ1n) is 9.69. The first-order chi connectivity index (χ1) is 14.9. The van der Waals surface area contributed by atoms with Gasteiger partial charge in [0, 0.05) is 17.7 Å². The van der Waals surface area contributed by atoms with E-state index in [4.69, 9.17) is 18.9 Å². The second kappa shape index (κ2) is 10.9. The van der Waals surface area contributed by atoms with Crippen LogP contribution in [0.5, 0.6) is 17.2 Å². The smallest absolute Gasteiger partial charge is 0.325 e. The molecule has 7 heteroatoms. The topological polar surface area (TPSA) is 83.1 Å². The maximum absolute atomic E-state index is 12.6. The molecule has 0 saturated heterocycles. The van der Waals surface area contributed by atoms with Crippen LogP contribution in [0.15, 0.2) is 42.5 Å². The predicted octanol–water partition coefficient (Wildman–Crippen LogP) is 3.06. The Balaban J connectivity index is 2.39. The van der Waals surface area contributed by atoms with Gasteiger partial charge in [0.15, 0.2) is 11.5 Å². The molecule has 2 rings (SSSR count). The number of esters is 1. The Morgan fingerprint density at radius 1 is 0.968 bits per heavy atom. The summed E-state index contributed by atoms with van der Waals surface area (Å²) in [4.78, 5) is 25.1. The number of amides is 1. The summed E-state index contributed by atoms with van der Waals surface area (Å²) in [6.45, 7) is 1.82. The molecule has 2 aromatic rings. The van der Waals surface area contributed by atoms with Gasteiger partial charge in [0.25, 0.3) is 5.91 Å². The minimum Gasteiger partial charge on any atom is -0.493 e. The molecule has 0 aliphatic carbocycles. The van der Waals surface area contributed by atoms with Gasteiger partial charge in [0.05, 0.1) is 28.4 Å². The summed E-state index contributed by atoms with van der Waals surface area (Å²) in [5, 5.41) is 2.79. The molecule has 7 nitrogen and oxygen atoms in total. The van der Waals surface area contributed by atoms with Crippen LogP contribution in [0.4, 0.5) is 0 Å². The molecule has 1 amide bonds. The van der Waals surface area contributed by atoms with Crippen molar-refractivity contribution in [3.05, 3.63) is 53.6 Å². The molecule has 0 aliphatic rings. The molecule has 0 saturated carbocycles. The number of benzene rings is 2. The molecule has 0 aromatic heterocycles. The molecule has 2 aromatic carbocycles. The fraction of sp³-hybridized carbons (Fsp3) is 0.333. The summed E-state index contributed by atoms with van der Waals surface area (Å²) in [5.74, 6) is 6.53. The number of hydrogen-bond donors (Lipinski definition) is 1. The van der Waals surface area contributed by atoms with E-state index in [1.165, 1.54) is 28.4 Å². The van der Waals surface area contributed by atoms with Crippen molar-refractivity contribution >= 4 is 11.9 Å². The Morgan fingerprint density at radius 2 is 1.58 bits per heavy atom. The van der Waals surface area contributed by atoms with Crippen LogP contribution in [-0.2, 0) is 9.53 Å². The van der Waals surface area contributed by atoms with E-state index in [0.717, 1.165) is 0 Å². The Morgan fingerprint density at radius 3 is 2.06 bits per heavy atom. The highest BCUT2D eigenvalue weighted by atomic mass is 16.5. The van der Waals surface area contributed by atoms with Gasteiger partial charge in [-0.1, -0.05) is 37.0 Å². The Hall–Kier alpha value is -3.66. The standard InChI is InChI=1S/C24H27NO6/c1-6-24(23(27)31-5,16-25-22(26)18-10-8-7-9-11-18)13-12-17-14-19(28-2)21(30-4)20(15-17)29-3/h7-11,14-15H,6,16H2,1-5H3,(H,25,26). The van der Waals surface area contributed by atoms with Gasteiger partial charge in [-0.05, 0) is 30.7 Å². The number of carbonyl (C=O) groups is 2. The average molecular weight is 425 g/mol. The minimum atomic E-state index is -1.22. The van der Waals surface area contributed by atoms with Crippen molar-refractivity contribution in [3.63, 3.8) is 0 Å². The molecule has 31 heavy (non-hydrogen) atoms. The summed E-state index contributed by atoms with van der Waals surface area (Å²) in [6.07, 6.45) is 0.339. The van der Waals surface area contributed by atoms with Gasteiger partial charge in [-0.25, -0.2) is 0 Å². The van der Waals surface area contributed by atoms with Crippen molar-refractivity contribution in [2.45, 2.75) is 13.3 Å². The van der Waals surface area contributed by atoms with Crippen LogP contribution in [0.3, 0.4) is 0 Å². The molecule has 164 valence electrons. The van der Waals surface area contributed by atoms with Crippen LogP contribution in [0.25, 0.3) is 0 Å². The van der Waals surface area contributed by atoms with Crippen molar-refractivity contribution in [2.75, 3.05) is 35.0 Å². The quantitative estimate of drug-likeness (QED) is 0.517. The van der Waals surface area contributed by atoms with E-state index in [2.05, 4.69) is 17.2 Å². The highest BCUT2D eigenvalue weighted by molar-refractivity contribution is 5.94. The summed E-state index contributed by atoms with van der Waals surface area (Å²) < 4.78 is 21.0. The van der Waals surface area contributed by atoms with Crippen molar-refractivity contribution in [1.82, 2.24) is 5.32 Å². The normalized spacial score (nSPS) is 11.9. The van der Waals surface area contributed by atoms with Crippen LogP contribution in [-0.4, -0.2) is 46.9 Å². The fourth-order valence-electron chi connectivity index (χ4n) is 2.99. The van der Waals surface area contributed by atoms with Crippen molar-refractivity contribution < 1.29 is 28.5 Å². The number of nitrogens with one attached hydrogen (secondary N) is 1. The zero-order valence-electron chi connectivity index (χ0n) is 18.4. The largest absolute Gasteiger partial charge is 0.493 e. The SMILES string of the molecule is CCC(C#Cc1cc(OC)c(OC)c(OC)c1)(CNC(=O)c1ccccc1)C(=O)OC. The molecule has 1 unspecified atom stereocenters. The minimum absolute atomic E-state index is 0.00131. The zero-order chi connectivity index (χ0) is 22.9. The molecule has 0 aliphatic heterocycles. The van der Waals surface area contributed by atoms with Gasteiger partial charge in [0.1, 0.15) is 5.41 Å². The van der Waals surface area contributed by atoms with Gasteiger partial charge < -0.3 is 24.3 Å². The highest BCUT2D eigenvalue weighted by Gasteiger charge is 2.37. The van der Waals surface area contributed by atoms with E-state index in [-0.39, 0.29) is 12.5 Å². The third-order valence-corrected chi connectivity index (χ3v) is 4.88. The van der Waals surface area contributed by atoms with Crippen LogP contribution < -0.4 is 19.5 Å². The van der Waals surface area contributed by atoms with Crippen molar-refractivity contribution in [3.8, 4) is 29.1 Å². The molecule has 0 bridgehead atoms. The Bertz CT molecular complexity index is 952. The highest BCUT2D eigenvalue weighted by Crippen LogP contribution is 2.38. The Labute approximate surface area is 182 Å². The lowest BCUT2D eigenvalue weighted by Gasteiger charge is -2.24. The third-order valence-electron chi connectivity index (χ3n) is 4.88. The van der Waals surface area contributed by atoms with E-state index in [9.17, 15) is 9.59 Å². The fourth-order valence-corrected chi connectivity index (χ4v) is 2.99. The molecule has 0 heterocycles. The van der Waals surface area contributed by atoms with Gasteiger partial charge >= 0.3 is 5.97 Å². The molecular formula is C24H27NO6. The van der Waals surface area contributed by atoms with E-state index in [1.807, 2.05) is 13.0 Å². The molecule has 1 N–H and O–H groups in total. The van der Waals surface area contributed by atoms with Crippen molar-refractivity contribution in [1.29, 1.82) is 0 Å². The average Bonchev–Trinajstić information content (AvgIpc) is 2.83. The van der Waals surface area contributed by atoms with Gasteiger partial charge in [0.2, 0.25) is 5.75 Å². The summed E-state index contributed by atoms with van der Waals surface area (Å²) in [5.41, 5.74) is -0.167. The van der Waals surface area contributed by atoms with Gasteiger partial charge in [-0.15, -0.1) is 0 Å². The van der Waals surface area contributed by atoms with Crippen LogP contribution in [0, 0.1) is 17.3 Å². The number of carbonyl (C=O) groups excluding carboxylic acids is 2. The number of methoxy groups -OCH3 is 4. The monoisotopic (exact) mass is 425 g/mol. The molecule has 1 atom stereocenters. The summed E-state index contributed by atoms with van der Waals surface area (Å²) in [7, 11) is 5.84. The number of rotatable bonds is 8. The number of ether oxygens (including phenoxy) is 4. The summed E-state index contributed by atoms with van der Waals surface area (Å²) >= 11 is 0.